The Bertz CT molecular complexity index is 1430. The second-order valence-electron chi connectivity index (χ2n) is 7.11. The molecule has 2 heterocycles. The number of amides is 1. The molecule has 0 aliphatic heterocycles. The van der Waals surface area contributed by atoms with Crippen molar-refractivity contribution in [3.8, 4) is 28.1 Å². The number of hydrogen-bond acceptors (Lipinski definition) is 5. The summed E-state index contributed by atoms with van der Waals surface area (Å²) >= 11 is 0. The lowest BCUT2D eigenvalue weighted by molar-refractivity contribution is -0.274. The number of imidazole rings is 1. The van der Waals surface area contributed by atoms with Gasteiger partial charge in [-0.3, -0.25) is 9.20 Å². The van der Waals surface area contributed by atoms with Gasteiger partial charge in [0.1, 0.15) is 11.4 Å². The Morgan fingerprint density at radius 1 is 1.03 bits per heavy atom. The van der Waals surface area contributed by atoms with Crippen LogP contribution in [0.3, 0.4) is 0 Å². The highest BCUT2D eigenvalue weighted by Gasteiger charge is 2.31. The van der Waals surface area contributed by atoms with Gasteiger partial charge in [-0.25, -0.2) is 18.1 Å². The molecule has 170 valence electrons. The fourth-order valence-electron chi connectivity index (χ4n) is 3.32. The van der Waals surface area contributed by atoms with Gasteiger partial charge in [-0.05, 0) is 35.9 Å². The van der Waals surface area contributed by atoms with Crippen LogP contribution < -0.4 is 9.46 Å². The highest BCUT2D eigenvalue weighted by atomic mass is 32.2. The number of rotatable bonds is 5. The average Bonchev–Trinajstić information content (AvgIpc) is 3.15. The summed E-state index contributed by atoms with van der Waals surface area (Å²) in [7, 11) is -3.80. The monoisotopic (exact) mass is 475 g/mol. The van der Waals surface area contributed by atoms with E-state index in [-0.39, 0.29) is 11.3 Å². The number of pyridine rings is 1. The predicted molar refractivity (Wildman–Crippen MR) is 115 cm³/mol. The second-order valence-corrected chi connectivity index (χ2v) is 8.86. The Morgan fingerprint density at radius 2 is 1.70 bits per heavy atom. The number of hydrogen-bond donors (Lipinski definition) is 1. The van der Waals surface area contributed by atoms with Gasteiger partial charge in [0.15, 0.2) is 0 Å². The minimum Gasteiger partial charge on any atom is -0.406 e. The van der Waals surface area contributed by atoms with Crippen molar-refractivity contribution in [1.29, 1.82) is 0 Å². The van der Waals surface area contributed by atoms with E-state index >= 15 is 0 Å². The van der Waals surface area contributed by atoms with E-state index < -0.39 is 22.3 Å². The number of sulfonamides is 1. The Labute approximate surface area is 186 Å². The minimum absolute atomic E-state index is 0.102. The quantitative estimate of drug-likeness (QED) is 0.466. The van der Waals surface area contributed by atoms with Gasteiger partial charge in [0.2, 0.25) is 10.0 Å². The van der Waals surface area contributed by atoms with Gasteiger partial charge in [0, 0.05) is 17.3 Å². The summed E-state index contributed by atoms with van der Waals surface area (Å²) < 4.78 is 68.0. The molecule has 0 fully saturated rings. The molecule has 2 aromatic carbocycles. The number of ether oxygens (including phenoxy) is 1. The Morgan fingerprint density at radius 3 is 2.30 bits per heavy atom. The molecule has 0 aliphatic carbocycles. The van der Waals surface area contributed by atoms with Crippen molar-refractivity contribution in [3.05, 3.63) is 78.6 Å². The highest BCUT2D eigenvalue weighted by molar-refractivity contribution is 7.89. The lowest BCUT2D eigenvalue weighted by Gasteiger charge is -2.12. The number of fused-ring (bicyclic) bond motifs is 1. The van der Waals surface area contributed by atoms with Gasteiger partial charge >= 0.3 is 6.36 Å². The van der Waals surface area contributed by atoms with E-state index in [2.05, 4.69) is 9.72 Å². The van der Waals surface area contributed by atoms with E-state index in [0.29, 0.717) is 28.0 Å². The third-order valence-corrected chi connectivity index (χ3v) is 5.19. The van der Waals surface area contributed by atoms with Crippen molar-refractivity contribution >= 4 is 21.6 Å². The van der Waals surface area contributed by atoms with Gasteiger partial charge in [-0.2, -0.15) is 0 Å². The molecule has 0 bridgehead atoms. The molecule has 0 saturated heterocycles. The summed E-state index contributed by atoms with van der Waals surface area (Å²) in [4.78, 5) is 17.0. The number of nitrogens with one attached hydrogen (secondary N) is 1. The maximum Gasteiger partial charge on any atom is 0.573 e. The summed E-state index contributed by atoms with van der Waals surface area (Å²) in [5.41, 5.74) is 2.66. The highest BCUT2D eigenvalue weighted by Crippen LogP contribution is 2.30. The molecule has 0 radical (unpaired) electrons. The third kappa shape index (κ3) is 5.14. The zero-order valence-corrected chi connectivity index (χ0v) is 17.8. The molecule has 0 unspecified atom stereocenters. The summed E-state index contributed by atoms with van der Waals surface area (Å²) in [6.07, 6.45) is -0.782. The largest absolute Gasteiger partial charge is 0.573 e. The van der Waals surface area contributed by atoms with Gasteiger partial charge in [-0.15, -0.1) is 13.2 Å². The standard InChI is InChI=1S/C22H16F3N3O4S/c1-33(30,31)27-21(29)17-11-20-26-12-19(15-7-9-16(10-8-15)32-22(23,24)25)28(20)13-18(17)14-5-3-2-4-6-14/h2-13H,1H3,(H,27,29). The Kier molecular flexibility index (Phi) is 5.58. The molecule has 33 heavy (non-hydrogen) atoms. The number of aromatic nitrogens is 2. The Hall–Kier alpha value is -3.86. The van der Waals surface area contributed by atoms with Crippen LogP contribution in [-0.2, 0) is 10.0 Å². The number of carbonyl (C=O) groups excluding carboxylic acids is 1. The van der Waals surface area contributed by atoms with Gasteiger partial charge in [-0.1, -0.05) is 30.3 Å². The van der Waals surface area contributed by atoms with E-state index in [0.717, 1.165) is 6.26 Å². The molecular formula is C22H16F3N3O4S. The van der Waals surface area contributed by atoms with Crippen LogP contribution >= 0.6 is 0 Å². The second kappa shape index (κ2) is 8.24. The van der Waals surface area contributed by atoms with E-state index in [9.17, 15) is 26.4 Å². The first-order valence-corrected chi connectivity index (χ1v) is 11.3. The van der Waals surface area contributed by atoms with Crippen molar-refractivity contribution in [1.82, 2.24) is 14.1 Å². The van der Waals surface area contributed by atoms with Crippen molar-refractivity contribution in [3.63, 3.8) is 0 Å². The maximum absolute atomic E-state index is 12.7. The van der Waals surface area contributed by atoms with Crippen LogP contribution in [0.2, 0.25) is 0 Å². The Balaban J connectivity index is 1.83. The molecule has 0 saturated carbocycles. The van der Waals surface area contributed by atoms with Crippen LogP contribution in [-0.4, -0.2) is 36.3 Å². The van der Waals surface area contributed by atoms with Crippen molar-refractivity contribution in [2.45, 2.75) is 6.36 Å². The minimum atomic E-state index is -4.79. The number of nitrogens with zero attached hydrogens (tertiary/aromatic N) is 2. The first kappa shape index (κ1) is 22.3. The summed E-state index contributed by atoms with van der Waals surface area (Å²) in [5.74, 6) is -1.16. The van der Waals surface area contributed by atoms with Crippen LogP contribution in [0.5, 0.6) is 5.75 Å². The van der Waals surface area contributed by atoms with Crippen LogP contribution in [0.1, 0.15) is 10.4 Å². The van der Waals surface area contributed by atoms with Gasteiger partial charge < -0.3 is 4.74 Å². The molecule has 0 spiro atoms. The number of benzene rings is 2. The van der Waals surface area contributed by atoms with Crippen LogP contribution in [0, 0.1) is 0 Å². The van der Waals surface area contributed by atoms with Crippen LogP contribution in [0.4, 0.5) is 13.2 Å². The molecule has 11 heteroatoms. The van der Waals surface area contributed by atoms with Gasteiger partial charge in [0.25, 0.3) is 5.91 Å². The zero-order valence-electron chi connectivity index (χ0n) is 17.0. The molecule has 0 aliphatic rings. The summed E-state index contributed by atoms with van der Waals surface area (Å²) in [6.45, 7) is 0. The fraction of sp³-hybridized carbons (Fsp3) is 0.0909. The molecule has 1 N–H and O–H groups in total. The smallest absolute Gasteiger partial charge is 0.406 e. The van der Waals surface area contributed by atoms with E-state index in [1.54, 1.807) is 40.9 Å². The molecule has 4 aromatic rings. The normalized spacial score (nSPS) is 12.0. The molecule has 4 rings (SSSR count). The summed E-state index contributed by atoms with van der Waals surface area (Å²) in [6, 6.07) is 15.6. The number of carbonyl (C=O) groups is 1. The molecule has 1 amide bonds. The van der Waals surface area contributed by atoms with E-state index in [4.69, 9.17) is 0 Å². The molecule has 0 atom stereocenters. The van der Waals surface area contributed by atoms with Gasteiger partial charge in [0.05, 0.1) is 23.7 Å². The van der Waals surface area contributed by atoms with Crippen LogP contribution in [0.15, 0.2) is 73.1 Å². The van der Waals surface area contributed by atoms with Crippen molar-refractivity contribution in [2.75, 3.05) is 6.26 Å². The molecular weight excluding hydrogens is 459 g/mol. The van der Waals surface area contributed by atoms with Crippen molar-refractivity contribution in [2.24, 2.45) is 0 Å². The van der Waals surface area contributed by atoms with E-state index in [1.807, 2.05) is 4.72 Å². The maximum atomic E-state index is 12.7. The SMILES string of the molecule is CS(=O)(=O)NC(=O)c1cc2ncc(-c3ccc(OC(F)(F)F)cc3)n2cc1-c1ccccc1. The molecule has 7 nitrogen and oxygen atoms in total. The summed E-state index contributed by atoms with van der Waals surface area (Å²) in [5, 5.41) is 0. The molecule has 2 aromatic heterocycles. The predicted octanol–water partition coefficient (Wildman–Crippen LogP) is 4.26. The van der Waals surface area contributed by atoms with Crippen molar-refractivity contribution < 1.29 is 31.1 Å². The van der Waals surface area contributed by atoms with Crippen LogP contribution in [0.25, 0.3) is 28.0 Å². The lowest BCUT2D eigenvalue weighted by Crippen LogP contribution is -2.29. The zero-order chi connectivity index (χ0) is 23.8. The third-order valence-electron chi connectivity index (χ3n) is 4.64. The fourth-order valence-corrected chi connectivity index (χ4v) is 3.77. The number of alkyl halides is 3. The average molecular weight is 475 g/mol. The number of halogens is 3. The lowest BCUT2D eigenvalue weighted by atomic mass is 10.0. The topological polar surface area (TPSA) is 89.8 Å². The van der Waals surface area contributed by atoms with E-state index in [1.165, 1.54) is 36.5 Å². The first-order chi connectivity index (χ1) is 15.5. The first-order valence-electron chi connectivity index (χ1n) is 9.45.